The van der Waals surface area contributed by atoms with Crippen molar-refractivity contribution in [1.29, 1.82) is 0 Å². The Labute approximate surface area is 53.0 Å². The van der Waals surface area contributed by atoms with Gasteiger partial charge in [0.2, 0.25) is 0 Å². The van der Waals surface area contributed by atoms with Gasteiger partial charge in [0.25, 0.3) is 0 Å². The summed E-state index contributed by atoms with van der Waals surface area (Å²) < 4.78 is 1.88. The molecule has 0 radical (unpaired) electrons. The minimum absolute atomic E-state index is 0.863. The second-order valence-corrected chi connectivity index (χ2v) is 2.19. The van der Waals surface area contributed by atoms with E-state index in [4.69, 9.17) is 0 Å². The Morgan fingerprint density at radius 3 is 3.33 bits per heavy atom. The van der Waals surface area contributed by atoms with Gasteiger partial charge in [0.15, 0.2) is 5.82 Å². The number of rotatable bonds is 0. The van der Waals surface area contributed by atoms with Crippen LogP contribution in [0.4, 0.5) is 5.82 Å². The third-order valence-corrected chi connectivity index (χ3v) is 1.38. The first-order chi connectivity index (χ1) is 4.36. The van der Waals surface area contributed by atoms with E-state index in [1.165, 1.54) is 0 Å². The minimum atomic E-state index is 0.863. The fraction of sp³-hybridized carbons (Fsp3) is 0.333. The van der Waals surface area contributed by atoms with E-state index in [9.17, 15) is 0 Å². The molecule has 1 aromatic rings. The fourth-order valence-electron chi connectivity index (χ4n) is 0.990. The molecule has 3 heteroatoms. The minimum Gasteiger partial charge on any atom is -0.242 e. The van der Waals surface area contributed by atoms with Crippen LogP contribution >= 0.6 is 0 Å². The van der Waals surface area contributed by atoms with Crippen LogP contribution in [0.15, 0.2) is 17.3 Å². The maximum atomic E-state index is 4.23. The lowest BCUT2D eigenvalue weighted by Gasteiger charge is -1.88. The standard InChI is InChI=1S/C6H7N3/c1-5-4-9-6(8-5)2-3-7-9/h2-3H,4H2,1H3. The average molecular weight is 121 g/mol. The van der Waals surface area contributed by atoms with Gasteiger partial charge in [0, 0.05) is 11.8 Å². The first-order valence-corrected chi connectivity index (χ1v) is 2.92. The highest BCUT2D eigenvalue weighted by Crippen LogP contribution is 2.16. The van der Waals surface area contributed by atoms with E-state index in [1.807, 2.05) is 17.7 Å². The molecule has 0 aliphatic carbocycles. The Hall–Kier alpha value is -1.12. The lowest BCUT2D eigenvalue weighted by molar-refractivity contribution is 0.751. The molecule has 0 N–H and O–H groups in total. The molecule has 0 amide bonds. The lowest BCUT2D eigenvalue weighted by Crippen LogP contribution is -1.99. The maximum Gasteiger partial charge on any atom is 0.150 e. The van der Waals surface area contributed by atoms with Gasteiger partial charge >= 0.3 is 0 Å². The van der Waals surface area contributed by atoms with Gasteiger partial charge in [-0.05, 0) is 6.92 Å². The zero-order valence-corrected chi connectivity index (χ0v) is 5.20. The topological polar surface area (TPSA) is 30.2 Å². The van der Waals surface area contributed by atoms with Crippen molar-refractivity contribution in [2.75, 3.05) is 0 Å². The Morgan fingerprint density at radius 2 is 2.56 bits per heavy atom. The number of fused-ring (bicyclic) bond motifs is 1. The maximum absolute atomic E-state index is 4.23. The van der Waals surface area contributed by atoms with Crippen LogP contribution in [0.3, 0.4) is 0 Å². The lowest BCUT2D eigenvalue weighted by atomic mass is 10.4. The molecule has 0 bridgehead atoms. The summed E-state index contributed by atoms with van der Waals surface area (Å²) >= 11 is 0. The molecule has 0 aromatic carbocycles. The van der Waals surface area contributed by atoms with Crippen molar-refractivity contribution in [1.82, 2.24) is 9.78 Å². The first kappa shape index (κ1) is 4.73. The van der Waals surface area contributed by atoms with E-state index in [0.717, 1.165) is 18.1 Å². The number of nitrogens with zero attached hydrogens (tertiary/aromatic N) is 3. The van der Waals surface area contributed by atoms with Gasteiger partial charge in [-0.1, -0.05) is 0 Å². The quantitative estimate of drug-likeness (QED) is 0.503. The SMILES string of the molecule is CC1=Nc2ccnn2C1. The van der Waals surface area contributed by atoms with Crippen LogP contribution in [0, 0.1) is 0 Å². The van der Waals surface area contributed by atoms with Gasteiger partial charge in [-0.2, -0.15) is 5.10 Å². The van der Waals surface area contributed by atoms with Crippen molar-refractivity contribution >= 4 is 11.5 Å². The molecule has 46 valence electrons. The average Bonchev–Trinajstić information content (AvgIpc) is 2.22. The number of hydrogen-bond acceptors (Lipinski definition) is 2. The summed E-state index contributed by atoms with van der Waals surface area (Å²) in [5.41, 5.74) is 1.14. The Morgan fingerprint density at radius 1 is 1.67 bits per heavy atom. The first-order valence-electron chi connectivity index (χ1n) is 2.92. The summed E-state index contributed by atoms with van der Waals surface area (Å²) in [7, 11) is 0. The summed E-state index contributed by atoms with van der Waals surface area (Å²) in [6.45, 7) is 2.87. The highest BCUT2D eigenvalue weighted by Gasteiger charge is 2.08. The second-order valence-electron chi connectivity index (χ2n) is 2.19. The van der Waals surface area contributed by atoms with E-state index in [-0.39, 0.29) is 0 Å². The molecule has 9 heavy (non-hydrogen) atoms. The zero-order chi connectivity index (χ0) is 6.27. The number of aliphatic imine (C=N–C) groups is 1. The molecule has 2 rings (SSSR count). The highest BCUT2D eigenvalue weighted by molar-refractivity contribution is 5.86. The van der Waals surface area contributed by atoms with Crippen molar-refractivity contribution in [3.8, 4) is 0 Å². The molecule has 1 aliphatic heterocycles. The smallest absolute Gasteiger partial charge is 0.150 e. The van der Waals surface area contributed by atoms with Crippen LogP contribution in [0.25, 0.3) is 0 Å². The Kier molecular flexibility index (Phi) is 0.754. The molecule has 0 saturated carbocycles. The van der Waals surface area contributed by atoms with E-state index in [2.05, 4.69) is 10.1 Å². The summed E-state index contributed by atoms with van der Waals surface area (Å²) in [6.07, 6.45) is 1.77. The summed E-state index contributed by atoms with van der Waals surface area (Å²) in [5.74, 6) is 0.979. The molecular weight excluding hydrogens is 114 g/mol. The third-order valence-electron chi connectivity index (χ3n) is 1.38. The summed E-state index contributed by atoms with van der Waals surface area (Å²) in [4.78, 5) is 4.23. The van der Waals surface area contributed by atoms with Crippen molar-refractivity contribution in [3.05, 3.63) is 12.3 Å². The van der Waals surface area contributed by atoms with Gasteiger partial charge in [-0.3, -0.25) is 0 Å². The highest BCUT2D eigenvalue weighted by atomic mass is 15.3. The van der Waals surface area contributed by atoms with Crippen molar-refractivity contribution < 1.29 is 0 Å². The molecule has 2 heterocycles. The molecule has 0 spiro atoms. The molecule has 0 saturated heterocycles. The van der Waals surface area contributed by atoms with Crippen LogP contribution in [0.5, 0.6) is 0 Å². The van der Waals surface area contributed by atoms with E-state index >= 15 is 0 Å². The molecule has 1 aliphatic rings. The van der Waals surface area contributed by atoms with Crippen LogP contribution < -0.4 is 0 Å². The van der Waals surface area contributed by atoms with Crippen LogP contribution in [0.1, 0.15) is 6.92 Å². The number of hydrogen-bond donors (Lipinski definition) is 0. The molecular formula is C6H7N3. The van der Waals surface area contributed by atoms with Crippen LogP contribution in [0.2, 0.25) is 0 Å². The summed E-state index contributed by atoms with van der Waals surface area (Å²) in [6, 6.07) is 1.91. The molecule has 0 fully saturated rings. The van der Waals surface area contributed by atoms with E-state index in [0.29, 0.717) is 0 Å². The normalized spacial score (nSPS) is 15.4. The molecule has 3 nitrogen and oxygen atoms in total. The Bertz CT molecular complexity index is 259. The fourth-order valence-corrected chi connectivity index (χ4v) is 0.990. The van der Waals surface area contributed by atoms with Gasteiger partial charge in [0.05, 0.1) is 12.7 Å². The van der Waals surface area contributed by atoms with Crippen molar-refractivity contribution in [3.63, 3.8) is 0 Å². The molecule has 1 aromatic heterocycles. The Balaban J connectivity index is 2.55. The molecule has 0 unspecified atom stereocenters. The van der Waals surface area contributed by atoms with Crippen LogP contribution in [-0.4, -0.2) is 15.5 Å². The van der Waals surface area contributed by atoms with E-state index < -0.39 is 0 Å². The van der Waals surface area contributed by atoms with Gasteiger partial charge in [-0.25, -0.2) is 9.67 Å². The van der Waals surface area contributed by atoms with Crippen molar-refractivity contribution in [2.24, 2.45) is 4.99 Å². The third kappa shape index (κ3) is 0.575. The largest absolute Gasteiger partial charge is 0.242 e. The van der Waals surface area contributed by atoms with Crippen molar-refractivity contribution in [2.45, 2.75) is 13.5 Å². The number of aromatic nitrogens is 2. The zero-order valence-electron chi connectivity index (χ0n) is 5.20. The predicted molar refractivity (Wildman–Crippen MR) is 35.0 cm³/mol. The second kappa shape index (κ2) is 1.43. The van der Waals surface area contributed by atoms with Gasteiger partial charge < -0.3 is 0 Å². The van der Waals surface area contributed by atoms with Crippen LogP contribution in [-0.2, 0) is 6.54 Å². The molecule has 0 atom stereocenters. The van der Waals surface area contributed by atoms with E-state index in [1.54, 1.807) is 6.20 Å². The van der Waals surface area contributed by atoms with Gasteiger partial charge in [-0.15, -0.1) is 0 Å². The van der Waals surface area contributed by atoms with Gasteiger partial charge in [0.1, 0.15) is 0 Å². The monoisotopic (exact) mass is 121 g/mol. The summed E-state index contributed by atoms with van der Waals surface area (Å²) in [5, 5.41) is 4.05. The predicted octanol–water partition coefficient (Wildman–Crippen LogP) is 0.989.